The summed E-state index contributed by atoms with van der Waals surface area (Å²) >= 11 is 0. The zero-order chi connectivity index (χ0) is 13.1. The molecule has 2 unspecified atom stereocenters. The predicted octanol–water partition coefficient (Wildman–Crippen LogP) is 1.33. The summed E-state index contributed by atoms with van der Waals surface area (Å²) in [5.74, 6) is -0.338. The van der Waals surface area contributed by atoms with Gasteiger partial charge in [0.15, 0.2) is 0 Å². The largest absolute Gasteiger partial charge is 0.468 e. The standard InChI is InChI=1S/C14H20N2O2/c1-10-9-11-5-3-4-6-13(11)16(10)8-7-12(15)14(17)18-2/h3-6,10,12H,7-9,15H2,1-2H3. The van der Waals surface area contributed by atoms with E-state index in [2.05, 4.69) is 34.8 Å². The molecule has 2 rings (SSSR count). The lowest BCUT2D eigenvalue weighted by atomic mass is 10.1. The molecule has 2 N–H and O–H groups in total. The van der Waals surface area contributed by atoms with Crippen LogP contribution in [0.25, 0.3) is 0 Å². The van der Waals surface area contributed by atoms with Crippen LogP contribution in [-0.2, 0) is 16.0 Å². The van der Waals surface area contributed by atoms with Crippen molar-refractivity contribution >= 4 is 11.7 Å². The van der Waals surface area contributed by atoms with E-state index >= 15 is 0 Å². The molecule has 18 heavy (non-hydrogen) atoms. The number of fused-ring (bicyclic) bond motifs is 1. The summed E-state index contributed by atoms with van der Waals surface area (Å²) in [6.45, 7) is 2.98. The average Bonchev–Trinajstić information content (AvgIpc) is 2.70. The van der Waals surface area contributed by atoms with Crippen molar-refractivity contribution in [1.82, 2.24) is 0 Å². The van der Waals surface area contributed by atoms with E-state index in [0.29, 0.717) is 12.5 Å². The van der Waals surface area contributed by atoms with Gasteiger partial charge in [-0.1, -0.05) is 18.2 Å². The summed E-state index contributed by atoms with van der Waals surface area (Å²) < 4.78 is 4.64. The normalized spacial score (nSPS) is 19.5. The fourth-order valence-electron chi connectivity index (χ4n) is 2.52. The smallest absolute Gasteiger partial charge is 0.322 e. The maximum atomic E-state index is 11.3. The Morgan fingerprint density at radius 3 is 3.00 bits per heavy atom. The van der Waals surface area contributed by atoms with Crippen molar-refractivity contribution in [3.8, 4) is 0 Å². The molecule has 0 spiro atoms. The molecule has 0 saturated heterocycles. The number of rotatable bonds is 4. The number of hydrogen-bond donors (Lipinski definition) is 1. The Kier molecular flexibility index (Phi) is 3.87. The number of benzene rings is 1. The monoisotopic (exact) mass is 248 g/mol. The number of carbonyl (C=O) groups excluding carboxylic acids is 1. The second-order valence-electron chi connectivity index (χ2n) is 4.79. The summed E-state index contributed by atoms with van der Waals surface area (Å²) in [7, 11) is 1.37. The van der Waals surface area contributed by atoms with Crippen molar-refractivity contribution in [2.45, 2.75) is 31.8 Å². The lowest BCUT2D eigenvalue weighted by Crippen LogP contribution is -2.38. The molecule has 1 aliphatic heterocycles. The van der Waals surface area contributed by atoms with Gasteiger partial charge in [-0.25, -0.2) is 0 Å². The van der Waals surface area contributed by atoms with Crippen LogP contribution in [-0.4, -0.2) is 31.7 Å². The molecule has 0 radical (unpaired) electrons. The Bertz CT molecular complexity index is 434. The highest BCUT2D eigenvalue weighted by Crippen LogP contribution is 2.31. The SMILES string of the molecule is COC(=O)C(N)CCN1c2ccccc2CC1C. The molecule has 0 fully saturated rings. The Balaban J connectivity index is 2.00. The van der Waals surface area contributed by atoms with Gasteiger partial charge in [0, 0.05) is 18.3 Å². The van der Waals surface area contributed by atoms with Gasteiger partial charge in [-0.15, -0.1) is 0 Å². The minimum Gasteiger partial charge on any atom is -0.468 e. The zero-order valence-corrected chi connectivity index (χ0v) is 10.9. The van der Waals surface area contributed by atoms with E-state index in [9.17, 15) is 4.79 Å². The third-order valence-electron chi connectivity index (χ3n) is 3.53. The van der Waals surface area contributed by atoms with Crippen LogP contribution < -0.4 is 10.6 Å². The van der Waals surface area contributed by atoms with Crippen LogP contribution in [0.3, 0.4) is 0 Å². The van der Waals surface area contributed by atoms with E-state index in [-0.39, 0.29) is 5.97 Å². The first-order valence-electron chi connectivity index (χ1n) is 6.31. The molecule has 0 saturated carbocycles. The average molecular weight is 248 g/mol. The highest BCUT2D eigenvalue weighted by Gasteiger charge is 2.26. The molecule has 1 heterocycles. The minimum absolute atomic E-state index is 0.338. The third-order valence-corrected chi connectivity index (χ3v) is 3.53. The van der Waals surface area contributed by atoms with E-state index in [4.69, 9.17) is 5.73 Å². The van der Waals surface area contributed by atoms with Crippen molar-refractivity contribution in [2.24, 2.45) is 5.73 Å². The van der Waals surface area contributed by atoms with Crippen LogP contribution in [0.4, 0.5) is 5.69 Å². The van der Waals surface area contributed by atoms with Gasteiger partial charge in [0.25, 0.3) is 0 Å². The molecule has 0 aromatic heterocycles. The molecule has 0 aliphatic carbocycles. The summed E-state index contributed by atoms with van der Waals surface area (Å²) in [5.41, 5.74) is 8.41. The molecular weight excluding hydrogens is 228 g/mol. The number of methoxy groups -OCH3 is 1. The van der Waals surface area contributed by atoms with Crippen LogP contribution in [0.2, 0.25) is 0 Å². The molecule has 4 nitrogen and oxygen atoms in total. The quantitative estimate of drug-likeness (QED) is 0.817. The van der Waals surface area contributed by atoms with Crippen LogP contribution in [0.1, 0.15) is 18.9 Å². The van der Waals surface area contributed by atoms with Crippen LogP contribution >= 0.6 is 0 Å². The fraction of sp³-hybridized carbons (Fsp3) is 0.500. The van der Waals surface area contributed by atoms with Gasteiger partial charge >= 0.3 is 5.97 Å². The summed E-state index contributed by atoms with van der Waals surface area (Å²) in [4.78, 5) is 13.6. The molecular formula is C14H20N2O2. The first kappa shape index (κ1) is 12.9. The third kappa shape index (κ3) is 2.48. The lowest BCUT2D eigenvalue weighted by Gasteiger charge is -2.25. The van der Waals surface area contributed by atoms with Crippen molar-refractivity contribution in [1.29, 1.82) is 0 Å². The van der Waals surface area contributed by atoms with E-state index in [0.717, 1.165) is 13.0 Å². The molecule has 98 valence electrons. The molecule has 1 aromatic carbocycles. The Labute approximate surface area is 108 Å². The fourth-order valence-corrected chi connectivity index (χ4v) is 2.52. The van der Waals surface area contributed by atoms with Crippen molar-refractivity contribution in [2.75, 3.05) is 18.6 Å². The molecule has 4 heteroatoms. The summed E-state index contributed by atoms with van der Waals surface area (Å²) in [5, 5.41) is 0. The predicted molar refractivity (Wildman–Crippen MR) is 71.6 cm³/mol. The summed E-state index contributed by atoms with van der Waals surface area (Å²) in [6, 6.07) is 8.33. The number of esters is 1. The zero-order valence-electron chi connectivity index (χ0n) is 10.9. The number of hydrogen-bond acceptors (Lipinski definition) is 4. The Hall–Kier alpha value is -1.55. The Morgan fingerprint density at radius 1 is 1.56 bits per heavy atom. The first-order chi connectivity index (χ1) is 8.63. The van der Waals surface area contributed by atoms with E-state index in [1.165, 1.54) is 18.4 Å². The van der Waals surface area contributed by atoms with Gasteiger partial charge in [0.2, 0.25) is 0 Å². The Morgan fingerprint density at radius 2 is 2.28 bits per heavy atom. The highest BCUT2D eigenvalue weighted by molar-refractivity contribution is 5.75. The topological polar surface area (TPSA) is 55.6 Å². The van der Waals surface area contributed by atoms with E-state index in [1.807, 2.05) is 6.07 Å². The summed E-state index contributed by atoms with van der Waals surface area (Å²) in [6.07, 6.45) is 1.68. The second kappa shape index (κ2) is 5.40. The van der Waals surface area contributed by atoms with Crippen molar-refractivity contribution < 1.29 is 9.53 Å². The number of anilines is 1. The number of nitrogens with two attached hydrogens (primary N) is 1. The van der Waals surface area contributed by atoms with Gasteiger partial charge in [-0.3, -0.25) is 4.79 Å². The van der Waals surface area contributed by atoms with Crippen LogP contribution in [0.15, 0.2) is 24.3 Å². The van der Waals surface area contributed by atoms with E-state index in [1.54, 1.807) is 0 Å². The van der Waals surface area contributed by atoms with E-state index < -0.39 is 6.04 Å². The molecule has 2 atom stereocenters. The van der Waals surface area contributed by atoms with Crippen LogP contribution in [0, 0.1) is 0 Å². The number of nitrogens with zero attached hydrogens (tertiary/aromatic N) is 1. The minimum atomic E-state index is -0.532. The maximum Gasteiger partial charge on any atom is 0.322 e. The van der Waals surface area contributed by atoms with Crippen LogP contribution in [0.5, 0.6) is 0 Å². The number of para-hydroxylation sites is 1. The second-order valence-corrected chi connectivity index (χ2v) is 4.79. The maximum absolute atomic E-state index is 11.3. The van der Waals surface area contributed by atoms with Gasteiger partial charge in [0.1, 0.15) is 6.04 Å². The number of carbonyl (C=O) groups is 1. The van der Waals surface area contributed by atoms with Gasteiger partial charge in [0.05, 0.1) is 7.11 Å². The molecule has 1 aromatic rings. The molecule has 0 bridgehead atoms. The number of ether oxygens (including phenoxy) is 1. The van der Waals surface area contributed by atoms with Gasteiger partial charge in [-0.05, 0) is 31.4 Å². The van der Waals surface area contributed by atoms with Gasteiger partial charge in [-0.2, -0.15) is 0 Å². The molecule has 0 amide bonds. The highest BCUT2D eigenvalue weighted by atomic mass is 16.5. The molecule has 1 aliphatic rings. The lowest BCUT2D eigenvalue weighted by molar-refractivity contribution is -0.142. The van der Waals surface area contributed by atoms with Crippen molar-refractivity contribution in [3.63, 3.8) is 0 Å². The van der Waals surface area contributed by atoms with Gasteiger partial charge < -0.3 is 15.4 Å². The van der Waals surface area contributed by atoms with Crippen molar-refractivity contribution in [3.05, 3.63) is 29.8 Å². The first-order valence-corrected chi connectivity index (χ1v) is 6.31.